The largest absolute Gasteiger partial charge is 0.391 e. The Bertz CT molecular complexity index is 1260. The maximum Gasteiger partial charge on any atom is 0.391 e. The molecule has 8 atom stereocenters. The van der Waals surface area contributed by atoms with Crippen molar-refractivity contribution in [3.63, 3.8) is 0 Å². The molecule has 4 aliphatic carbocycles. The van der Waals surface area contributed by atoms with E-state index in [0.29, 0.717) is 30.8 Å². The molecule has 5 nitrogen and oxygen atoms in total. The molecule has 10 heteroatoms. The van der Waals surface area contributed by atoms with Gasteiger partial charge < -0.3 is 4.74 Å². The molecule has 0 radical (unpaired) electrons. The van der Waals surface area contributed by atoms with Gasteiger partial charge in [-0.3, -0.25) is 4.79 Å². The number of aromatic nitrogens is 3. The monoisotopic (exact) mass is 553 g/mol. The predicted molar refractivity (Wildman–Crippen MR) is 133 cm³/mol. The van der Waals surface area contributed by atoms with E-state index in [9.17, 15) is 26.7 Å². The molecule has 4 aliphatic rings. The Kier molecular flexibility index (Phi) is 6.59. The summed E-state index contributed by atoms with van der Waals surface area (Å²) in [6.07, 6.45) is 1.90. The van der Waals surface area contributed by atoms with Crippen LogP contribution in [0.1, 0.15) is 64.7 Å². The second kappa shape index (κ2) is 9.48. The lowest BCUT2D eigenvalue weighted by molar-refractivity contribution is -0.217. The molecular weight excluding hydrogens is 517 g/mol. The van der Waals surface area contributed by atoms with Crippen LogP contribution in [0, 0.1) is 58.0 Å². The minimum atomic E-state index is -4.14. The van der Waals surface area contributed by atoms with Crippen molar-refractivity contribution in [3.05, 3.63) is 23.8 Å². The molecule has 0 saturated heterocycles. The fraction of sp³-hybridized carbons (Fsp3) is 0.759. The Morgan fingerprint density at radius 2 is 1.85 bits per heavy atom. The minimum Gasteiger partial charge on any atom is -0.384 e. The normalized spacial score (nSPS) is 38.3. The number of fused-ring (bicyclic) bond motifs is 6. The molecule has 2 aromatic rings. The van der Waals surface area contributed by atoms with Gasteiger partial charge in [0.1, 0.15) is 12.1 Å². The zero-order valence-electron chi connectivity index (χ0n) is 22.4. The molecule has 4 saturated carbocycles. The zero-order valence-corrected chi connectivity index (χ0v) is 22.4. The van der Waals surface area contributed by atoms with Gasteiger partial charge in [0.05, 0.1) is 12.5 Å². The number of methoxy groups -OCH3 is 1. The third-order valence-corrected chi connectivity index (χ3v) is 11.4. The van der Waals surface area contributed by atoms with Gasteiger partial charge in [0, 0.05) is 13.0 Å². The molecule has 0 N–H and O–H groups in total. The summed E-state index contributed by atoms with van der Waals surface area (Å²) in [5, 5.41) is 8.25. The minimum absolute atomic E-state index is 0.00520. The highest BCUT2D eigenvalue weighted by Crippen LogP contribution is 2.68. The Morgan fingerprint density at radius 1 is 1.05 bits per heavy atom. The number of carbonyl (C=O) groups is 1. The van der Waals surface area contributed by atoms with Crippen molar-refractivity contribution >= 4 is 16.8 Å². The molecule has 4 fully saturated rings. The third kappa shape index (κ3) is 4.22. The Hall–Kier alpha value is -2.10. The molecular formula is C29H36F5N3O2. The van der Waals surface area contributed by atoms with Gasteiger partial charge in [0.25, 0.3) is 0 Å². The molecule has 1 aromatic heterocycles. The first-order valence-corrected chi connectivity index (χ1v) is 14.2. The molecule has 6 rings (SSSR count). The van der Waals surface area contributed by atoms with Crippen LogP contribution >= 0.6 is 0 Å². The third-order valence-electron chi connectivity index (χ3n) is 11.4. The van der Waals surface area contributed by atoms with Crippen molar-refractivity contribution in [1.29, 1.82) is 0 Å². The number of ketones is 1. The molecule has 0 aliphatic heterocycles. The van der Waals surface area contributed by atoms with Gasteiger partial charge in [-0.2, -0.15) is 23.1 Å². The van der Waals surface area contributed by atoms with Crippen LogP contribution in [0.4, 0.5) is 22.0 Å². The fourth-order valence-corrected chi connectivity index (χ4v) is 9.71. The van der Waals surface area contributed by atoms with Crippen LogP contribution in [-0.4, -0.2) is 40.7 Å². The van der Waals surface area contributed by atoms with Crippen LogP contribution in [0.15, 0.2) is 12.1 Å². The van der Waals surface area contributed by atoms with Crippen molar-refractivity contribution in [2.45, 2.75) is 77.4 Å². The summed E-state index contributed by atoms with van der Waals surface area (Å²) < 4.78 is 74.4. The molecule has 0 amide bonds. The first-order chi connectivity index (χ1) is 18.5. The maximum absolute atomic E-state index is 14.1. The molecule has 1 aromatic carbocycles. The average molecular weight is 554 g/mol. The summed E-state index contributed by atoms with van der Waals surface area (Å²) in [6.45, 7) is 2.62. The lowest BCUT2D eigenvalue weighted by atomic mass is 9.43. The molecule has 1 heterocycles. The smallest absolute Gasteiger partial charge is 0.384 e. The highest BCUT2D eigenvalue weighted by Gasteiger charge is 2.63. The van der Waals surface area contributed by atoms with Gasteiger partial charge in [-0.05, 0) is 104 Å². The summed E-state index contributed by atoms with van der Waals surface area (Å²) in [5.74, 6) is -2.43. The Labute approximate surface area is 224 Å². The average Bonchev–Trinajstić information content (AvgIpc) is 3.46. The maximum atomic E-state index is 14.1. The van der Waals surface area contributed by atoms with E-state index in [1.54, 1.807) is 7.11 Å². The van der Waals surface area contributed by atoms with E-state index in [2.05, 4.69) is 17.1 Å². The first-order valence-electron chi connectivity index (χ1n) is 14.2. The molecule has 0 spiro atoms. The van der Waals surface area contributed by atoms with Crippen molar-refractivity contribution in [2.24, 2.45) is 46.3 Å². The summed E-state index contributed by atoms with van der Waals surface area (Å²) in [5.41, 5.74) is -0.397. The number of ether oxygens (including phenoxy) is 1. The van der Waals surface area contributed by atoms with Gasteiger partial charge in [-0.15, -0.1) is 5.10 Å². The van der Waals surface area contributed by atoms with Crippen LogP contribution in [0.5, 0.6) is 0 Å². The number of nitrogens with zero attached hydrogens (tertiary/aromatic N) is 3. The van der Waals surface area contributed by atoms with E-state index in [1.165, 1.54) is 10.9 Å². The second-order valence-electron chi connectivity index (χ2n) is 12.9. The highest BCUT2D eigenvalue weighted by molar-refractivity contribution is 5.82. The number of halogens is 5. The van der Waals surface area contributed by atoms with Crippen molar-refractivity contribution in [2.75, 3.05) is 13.7 Å². The summed E-state index contributed by atoms with van der Waals surface area (Å²) in [4.78, 5) is 14.8. The predicted octanol–water partition coefficient (Wildman–Crippen LogP) is 6.74. The topological polar surface area (TPSA) is 57.0 Å². The lowest BCUT2D eigenvalue weighted by Gasteiger charge is -2.62. The Balaban J connectivity index is 1.21. The van der Waals surface area contributed by atoms with Gasteiger partial charge in [0.15, 0.2) is 22.9 Å². The summed E-state index contributed by atoms with van der Waals surface area (Å²) in [7, 11) is 1.66. The Morgan fingerprint density at radius 3 is 2.59 bits per heavy atom. The van der Waals surface area contributed by atoms with Crippen molar-refractivity contribution in [1.82, 2.24) is 15.0 Å². The number of alkyl halides is 3. The first kappa shape index (κ1) is 27.1. The second-order valence-corrected chi connectivity index (χ2v) is 12.9. The van der Waals surface area contributed by atoms with Crippen LogP contribution < -0.4 is 0 Å². The number of rotatable bonds is 5. The van der Waals surface area contributed by atoms with Crippen LogP contribution in [0.25, 0.3) is 11.0 Å². The van der Waals surface area contributed by atoms with E-state index >= 15 is 0 Å². The van der Waals surface area contributed by atoms with Gasteiger partial charge in [-0.25, -0.2) is 8.78 Å². The number of hydrogen-bond donors (Lipinski definition) is 0. The number of hydrogen-bond acceptors (Lipinski definition) is 4. The zero-order chi connectivity index (χ0) is 27.7. The summed E-state index contributed by atoms with van der Waals surface area (Å²) in [6, 6.07) is 2.35. The van der Waals surface area contributed by atoms with Crippen LogP contribution in [-0.2, 0) is 16.1 Å². The van der Waals surface area contributed by atoms with Gasteiger partial charge in [-0.1, -0.05) is 6.92 Å². The van der Waals surface area contributed by atoms with Crippen LogP contribution in [0.3, 0.4) is 0 Å². The highest BCUT2D eigenvalue weighted by atomic mass is 19.4. The fourth-order valence-electron chi connectivity index (χ4n) is 9.71. The molecule has 0 bridgehead atoms. The van der Waals surface area contributed by atoms with Crippen molar-refractivity contribution in [3.8, 4) is 0 Å². The quantitative estimate of drug-likeness (QED) is 0.385. The summed E-state index contributed by atoms with van der Waals surface area (Å²) >= 11 is 0. The molecule has 8 unspecified atom stereocenters. The van der Waals surface area contributed by atoms with E-state index < -0.39 is 23.7 Å². The van der Waals surface area contributed by atoms with Gasteiger partial charge >= 0.3 is 6.18 Å². The number of benzene rings is 1. The number of Topliss-reactive ketones (excluding diaryl/α,β-unsaturated/α-hetero) is 1. The van der Waals surface area contributed by atoms with E-state index in [4.69, 9.17) is 4.74 Å². The number of carbonyl (C=O) groups excluding carboxylic acids is 1. The SMILES string of the molecule is COCC12CCC(C(F)(F)F)CC1CCC1C3CCC(C(=O)Cn4nc5ccc(F)c(F)c5n4)C3(C)CCC12. The van der Waals surface area contributed by atoms with E-state index in [0.717, 1.165) is 44.6 Å². The van der Waals surface area contributed by atoms with Gasteiger partial charge in [0.2, 0.25) is 0 Å². The lowest BCUT2D eigenvalue weighted by Crippen LogP contribution is -2.57. The standard InChI is InChI=1S/C29H36F5N3O2/c1-27-11-10-20-18(4-3-16-13-17(29(32,33)34)9-12-28(16,20)15-39-2)19(27)5-6-21(27)24(38)14-37-35-23-8-7-22(30)25(31)26(23)36-37/h7-8,16-21H,3-6,9-15H2,1-2H3. The van der Waals surface area contributed by atoms with E-state index in [-0.39, 0.29) is 58.9 Å². The molecule has 214 valence electrons. The van der Waals surface area contributed by atoms with Crippen LogP contribution in [0.2, 0.25) is 0 Å². The van der Waals surface area contributed by atoms with Crippen molar-refractivity contribution < 1.29 is 31.5 Å². The molecule has 39 heavy (non-hydrogen) atoms. The van der Waals surface area contributed by atoms with E-state index in [1.807, 2.05) is 0 Å².